The number of rotatable bonds is 7. The number of aliphatic hydroxyl groups is 1. The number of carbonyl (C=O) groups excluding carboxylic acids is 1. The van der Waals surface area contributed by atoms with E-state index in [9.17, 15) is 9.90 Å². The van der Waals surface area contributed by atoms with Crippen LogP contribution in [0.15, 0.2) is 30.3 Å². The van der Waals surface area contributed by atoms with Crippen molar-refractivity contribution in [3.63, 3.8) is 0 Å². The molecule has 0 aliphatic carbocycles. The molecule has 0 bridgehead atoms. The molecule has 1 heterocycles. The molecule has 1 fully saturated rings. The number of anilines is 1. The van der Waals surface area contributed by atoms with Crippen LogP contribution in [0, 0.1) is 0 Å². The lowest BCUT2D eigenvalue weighted by atomic mass is 10.2. The Balaban J connectivity index is 1.83. The van der Waals surface area contributed by atoms with E-state index in [-0.39, 0.29) is 23.0 Å². The predicted molar refractivity (Wildman–Crippen MR) is 102 cm³/mol. The van der Waals surface area contributed by atoms with Gasteiger partial charge >= 0.3 is 0 Å². The molecule has 4 nitrogen and oxygen atoms in total. The van der Waals surface area contributed by atoms with Gasteiger partial charge in [0.2, 0.25) is 5.91 Å². The Labute approximate surface area is 147 Å². The fourth-order valence-corrected chi connectivity index (χ4v) is 4.88. The summed E-state index contributed by atoms with van der Waals surface area (Å²) in [7, 11) is 0. The Morgan fingerprint density at radius 1 is 1.22 bits per heavy atom. The maximum absolute atomic E-state index is 12.6. The van der Waals surface area contributed by atoms with E-state index in [4.69, 9.17) is 0 Å². The Bertz CT molecular complexity index is 479. The Hall–Kier alpha value is -0.850. The summed E-state index contributed by atoms with van der Waals surface area (Å²) < 4.78 is 0. The van der Waals surface area contributed by atoms with Gasteiger partial charge in [-0.1, -0.05) is 18.2 Å². The minimum absolute atomic E-state index is 0.0948. The Kier molecular flexibility index (Phi) is 7.59. The lowest BCUT2D eigenvalue weighted by molar-refractivity contribution is -0.130. The number of para-hydroxylation sites is 1. The lowest BCUT2D eigenvalue weighted by Crippen LogP contribution is -2.51. The number of thioether (sulfide) groups is 2. The number of aliphatic hydroxyl groups excluding tert-OH is 1. The first-order valence-electron chi connectivity index (χ1n) is 7.99. The van der Waals surface area contributed by atoms with Crippen LogP contribution >= 0.6 is 23.5 Å². The van der Waals surface area contributed by atoms with Gasteiger partial charge in [0.15, 0.2) is 0 Å². The third-order valence-electron chi connectivity index (χ3n) is 4.01. The molecule has 1 amide bonds. The molecule has 6 heteroatoms. The van der Waals surface area contributed by atoms with Gasteiger partial charge in [0.1, 0.15) is 0 Å². The molecule has 1 aromatic rings. The van der Waals surface area contributed by atoms with E-state index >= 15 is 0 Å². The molecular formula is C17H26N2O2S2. The zero-order valence-corrected chi connectivity index (χ0v) is 15.5. The fraction of sp³-hybridized carbons (Fsp3) is 0.588. The Morgan fingerprint density at radius 3 is 2.43 bits per heavy atom. The highest BCUT2D eigenvalue weighted by atomic mass is 32.2. The van der Waals surface area contributed by atoms with Crippen molar-refractivity contribution in [1.82, 2.24) is 4.90 Å². The predicted octanol–water partition coefficient (Wildman–Crippen LogP) is 2.18. The van der Waals surface area contributed by atoms with Crippen molar-refractivity contribution in [1.29, 1.82) is 0 Å². The molecule has 128 valence electrons. The Morgan fingerprint density at radius 2 is 1.87 bits per heavy atom. The fourth-order valence-electron chi connectivity index (χ4n) is 2.75. The first-order chi connectivity index (χ1) is 11.2. The third kappa shape index (κ3) is 5.33. The summed E-state index contributed by atoms with van der Waals surface area (Å²) in [5.74, 6) is 1.07. The SMILES string of the molecule is CSCC(CO)SC(C)C(=O)N1CCN(c2ccccc2)CC1. The molecule has 0 saturated carbocycles. The van der Waals surface area contributed by atoms with Gasteiger partial charge in [0.25, 0.3) is 0 Å². The first kappa shape index (κ1) is 18.5. The summed E-state index contributed by atoms with van der Waals surface area (Å²) in [5, 5.41) is 9.43. The maximum Gasteiger partial charge on any atom is 0.235 e. The summed E-state index contributed by atoms with van der Waals surface area (Å²) in [6, 6.07) is 10.3. The van der Waals surface area contributed by atoms with Crippen molar-refractivity contribution in [3.8, 4) is 0 Å². The zero-order chi connectivity index (χ0) is 16.7. The van der Waals surface area contributed by atoms with E-state index in [1.807, 2.05) is 36.3 Å². The first-order valence-corrected chi connectivity index (χ1v) is 10.3. The minimum atomic E-state index is -0.0948. The summed E-state index contributed by atoms with van der Waals surface area (Å²) in [6.45, 7) is 5.38. The number of amides is 1. The molecular weight excluding hydrogens is 328 g/mol. The molecule has 2 rings (SSSR count). The molecule has 2 atom stereocenters. The monoisotopic (exact) mass is 354 g/mol. The van der Waals surface area contributed by atoms with Crippen LogP contribution < -0.4 is 4.90 Å². The van der Waals surface area contributed by atoms with Gasteiger partial charge in [0.05, 0.1) is 11.9 Å². The van der Waals surface area contributed by atoms with Crippen LogP contribution in [-0.2, 0) is 4.79 Å². The highest BCUT2D eigenvalue weighted by Gasteiger charge is 2.27. The standard InChI is InChI=1S/C17H26N2O2S2/c1-14(23-16(12-20)13-22-2)17(21)19-10-8-18(9-11-19)15-6-4-3-5-7-15/h3-7,14,16,20H,8-13H2,1-2H3. The summed E-state index contributed by atoms with van der Waals surface area (Å²) in [5.41, 5.74) is 1.22. The number of carbonyl (C=O) groups is 1. The second-order valence-electron chi connectivity index (χ2n) is 5.69. The van der Waals surface area contributed by atoms with E-state index in [1.54, 1.807) is 23.5 Å². The molecule has 1 saturated heterocycles. The molecule has 1 aliphatic heterocycles. The van der Waals surface area contributed by atoms with E-state index < -0.39 is 0 Å². The number of benzene rings is 1. The zero-order valence-electron chi connectivity index (χ0n) is 13.9. The van der Waals surface area contributed by atoms with Crippen LogP contribution in [0.5, 0.6) is 0 Å². The lowest BCUT2D eigenvalue weighted by Gasteiger charge is -2.37. The maximum atomic E-state index is 12.6. The summed E-state index contributed by atoms with van der Waals surface area (Å²) in [4.78, 5) is 16.9. The number of nitrogens with zero attached hydrogens (tertiary/aromatic N) is 2. The molecule has 0 aromatic heterocycles. The van der Waals surface area contributed by atoms with Crippen molar-refractivity contribution in [2.75, 3.05) is 49.7 Å². The van der Waals surface area contributed by atoms with Gasteiger partial charge in [-0.15, -0.1) is 11.8 Å². The van der Waals surface area contributed by atoms with Crippen molar-refractivity contribution in [2.24, 2.45) is 0 Å². The van der Waals surface area contributed by atoms with Crippen LogP contribution in [0.2, 0.25) is 0 Å². The molecule has 1 aliphatic rings. The highest BCUT2D eigenvalue weighted by Crippen LogP contribution is 2.23. The third-order valence-corrected chi connectivity index (χ3v) is 6.27. The number of hydrogen-bond acceptors (Lipinski definition) is 5. The van der Waals surface area contributed by atoms with Crippen LogP contribution in [0.25, 0.3) is 0 Å². The van der Waals surface area contributed by atoms with Crippen molar-refractivity contribution >= 4 is 35.1 Å². The number of piperazine rings is 1. The van der Waals surface area contributed by atoms with E-state index in [0.29, 0.717) is 0 Å². The largest absolute Gasteiger partial charge is 0.395 e. The van der Waals surface area contributed by atoms with E-state index in [1.165, 1.54) is 5.69 Å². The van der Waals surface area contributed by atoms with Crippen molar-refractivity contribution in [3.05, 3.63) is 30.3 Å². The van der Waals surface area contributed by atoms with Crippen molar-refractivity contribution in [2.45, 2.75) is 17.4 Å². The van der Waals surface area contributed by atoms with Gasteiger partial charge in [0, 0.05) is 42.9 Å². The highest BCUT2D eigenvalue weighted by molar-refractivity contribution is 8.03. The molecule has 2 unspecified atom stereocenters. The van der Waals surface area contributed by atoms with Gasteiger partial charge in [-0.25, -0.2) is 0 Å². The topological polar surface area (TPSA) is 43.8 Å². The molecule has 23 heavy (non-hydrogen) atoms. The van der Waals surface area contributed by atoms with Gasteiger partial charge < -0.3 is 14.9 Å². The summed E-state index contributed by atoms with van der Waals surface area (Å²) >= 11 is 3.30. The van der Waals surface area contributed by atoms with E-state index in [0.717, 1.165) is 31.9 Å². The van der Waals surface area contributed by atoms with Crippen LogP contribution in [-0.4, -0.2) is 71.2 Å². The van der Waals surface area contributed by atoms with Gasteiger partial charge in [-0.05, 0) is 25.3 Å². The van der Waals surface area contributed by atoms with E-state index in [2.05, 4.69) is 17.0 Å². The number of hydrogen-bond donors (Lipinski definition) is 1. The van der Waals surface area contributed by atoms with Gasteiger partial charge in [-0.3, -0.25) is 4.79 Å². The smallest absolute Gasteiger partial charge is 0.235 e. The normalized spacial score (nSPS) is 17.9. The average Bonchev–Trinajstić information content (AvgIpc) is 2.61. The quantitative estimate of drug-likeness (QED) is 0.813. The van der Waals surface area contributed by atoms with Crippen LogP contribution in [0.1, 0.15) is 6.92 Å². The van der Waals surface area contributed by atoms with Crippen LogP contribution in [0.3, 0.4) is 0 Å². The minimum Gasteiger partial charge on any atom is -0.395 e. The second-order valence-corrected chi connectivity index (χ2v) is 8.24. The average molecular weight is 355 g/mol. The van der Waals surface area contributed by atoms with Crippen molar-refractivity contribution < 1.29 is 9.90 Å². The molecule has 1 N–H and O–H groups in total. The molecule has 0 radical (unpaired) electrons. The second kappa shape index (κ2) is 9.45. The van der Waals surface area contributed by atoms with Crippen LogP contribution in [0.4, 0.5) is 5.69 Å². The van der Waals surface area contributed by atoms with Gasteiger partial charge in [-0.2, -0.15) is 11.8 Å². The molecule has 1 aromatic carbocycles. The molecule has 0 spiro atoms. The summed E-state index contributed by atoms with van der Waals surface area (Å²) in [6.07, 6.45) is 2.03.